The van der Waals surface area contributed by atoms with Crippen molar-refractivity contribution in [1.29, 1.82) is 0 Å². The Morgan fingerprint density at radius 3 is 2.71 bits per heavy atom. The van der Waals surface area contributed by atoms with Gasteiger partial charge in [0.1, 0.15) is 11.5 Å². The van der Waals surface area contributed by atoms with Gasteiger partial charge in [0.2, 0.25) is 16.0 Å². The van der Waals surface area contributed by atoms with Gasteiger partial charge in [-0.3, -0.25) is 4.31 Å². The Labute approximate surface area is 204 Å². The van der Waals surface area contributed by atoms with E-state index in [1.807, 2.05) is 35.0 Å². The fraction of sp³-hybridized carbons (Fsp3) is 0.292. The average molecular weight is 493 g/mol. The van der Waals surface area contributed by atoms with E-state index in [0.717, 1.165) is 48.2 Å². The molecule has 1 atom stereocenters. The Morgan fingerprint density at radius 2 is 1.97 bits per heavy atom. The van der Waals surface area contributed by atoms with Crippen LogP contribution in [0.15, 0.2) is 61.1 Å². The number of nitrogens with one attached hydrogen (secondary N) is 3. The Morgan fingerprint density at radius 1 is 1.14 bits per heavy atom. The second kappa shape index (κ2) is 9.61. The van der Waals surface area contributed by atoms with E-state index < -0.39 is 10.0 Å². The molecule has 0 radical (unpaired) electrons. The molecule has 35 heavy (non-hydrogen) atoms. The van der Waals surface area contributed by atoms with Gasteiger partial charge in [-0.1, -0.05) is 18.2 Å². The van der Waals surface area contributed by atoms with Crippen LogP contribution in [0, 0.1) is 0 Å². The molecule has 0 spiro atoms. The molecule has 5 rings (SSSR count). The van der Waals surface area contributed by atoms with Crippen molar-refractivity contribution in [3.05, 3.63) is 72.2 Å². The lowest BCUT2D eigenvalue weighted by Gasteiger charge is -2.25. The zero-order valence-corrected chi connectivity index (χ0v) is 20.5. The lowest BCUT2D eigenvalue weighted by atomic mass is 10.1. The molecule has 0 aliphatic carbocycles. The second-order valence-electron chi connectivity index (χ2n) is 8.59. The Balaban J connectivity index is 1.37. The molecule has 0 amide bonds. The summed E-state index contributed by atoms with van der Waals surface area (Å²) in [6, 6.07) is 14.2. The lowest BCUT2D eigenvalue weighted by Crippen LogP contribution is -2.42. The molecule has 1 aromatic carbocycles. The van der Waals surface area contributed by atoms with E-state index in [4.69, 9.17) is 4.98 Å². The molecule has 1 fully saturated rings. The summed E-state index contributed by atoms with van der Waals surface area (Å²) in [6.45, 7) is 3.29. The molecule has 1 aliphatic heterocycles. The first-order valence-electron chi connectivity index (χ1n) is 11.4. The molecule has 0 saturated carbocycles. The molecular weight excluding hydrogens is 464 g/mol. The van der Waals surface area contributed by atoms with Crippen molar-refractivity contribution in [3.8, 4) is 0 Å². The number of sulfonamides is 1. The van der Waals surface area contributed by atoms with Crippen molar-refractivity contribution in [1.82, 2.24) is 30.2 Å². The maximum atomic E-state index is 12.1. The fourth-order valence-corrected chi connectivity index (χ4v) is 4.63. The third kappa shape index (κ3) is 5.11. The van der Waals surface area contributed by atoms with Crippen LogP contribution in [0.25, 0.3) is 11.0 Å². The summed E-state index contributed by atoms with van der Waals surface area (Å²) in [5.41, 5.74) is 3.65. The van der Waals surface area contributed by atoms with Gasteiger partial charge in [-0.15, -0.1) is 0 Å². The number of fused-ring (bicyclic) bond motifs is 1. The van der Waals surface area contributed by atoms with Crippen LogP contribution in [0.2, 0.25) is 0 Å². The largest absolute Gasteiger partial charge is 0.328 e. The number of aromatic nitrogens is 4. The van der Waals surface area contributed by atoms with Gasteiger partial charge in [0, 0.05) is 68.0 Å². The zero-order chi connectivity index (χ0) is 24.4. The van der Waals surface area contributed by atoms with Crippen molar-refractivity contribution < 1.29 is 8.42 Å². The minimum Gasteiger partial charge on any atom is -0.328 e. The first-order chi connectivity index (χ1) is 16.9. The van der Waals surface area contributed by atoms with Crippen molar-refractivity contribution in [3.63, 3.8) is 0 Å². The van der Waals surface area contributed by atoms with Gasteiger partial charge >= 0.3 is 0 Å². The first-order valence-corrected chi connectivity index (χ1v) is 13.2. The van der Waals surface area contributed by atoms with Crippen LogP contribution in [0.4, 0.5) is 17.5 Å². The van der Waals surface area contributed by atoms with Crippen LogP contribution in [0.5, 0.6) is 0 Å². The van der Waals surface area contributed by atoms with Crippen LogP contribution < -0.4 is 20.3 Å². The van der Waals surface area contributed by atoms with E-state index in [-0.39, 0.29) is 0 Å². The monoisotopic (exact) mass is 492 g/mol. The zero-order valence-electron chi connectivity index (χ0n) is 19.6. The molecule has 0 bridgehead atoms. The third-order valence-corrected chi connectivity index (χ3v) is 7.28. The third-order valence-electron chi connectivity index (χ3n) is 6.12. The van der Waals surface area contributed by atoms with Crippen molar-refractivity contribution in [2.24, 2.45) is 0 Å². The molecule has 11 heteroatoms. The molecule has 1 saturated heterocycles. The summed E-state index contributed by atoms with van der Waals surface area (Å²) in [4.78, 5) is 13.5. The Bertz CT molecular complexity index is 1430. The molecule has 10 nitrogen and oxygen atoms in total. The number of hydrogen-bond acceptors (Lipinski definition) is 8. The summed E-state index contributed by atoms with van der Waals surface area (Å²) < 4.78 is 27.3. The van der Waals surface area contributed by atoms with E-state index in [0.29, 0.717) is 24.4 Å². The van der Waals surface area contributed by atoms with Crippen LogP contribution in [0.3, 0.4) is 0 Å². The molecule has 4 aromatic rings. The molecule has 4 heterocycles. The van der Waals surface area contributed by atoms with Crippen LogP contribution in [0.1, 0.15) is 17.2 Å². The summed E-state index contributed by atoms with van der Waals surface area (Å²) in [5.74, 6) is 0.884. The number of piperazine rings is 1. The number of rotatable bonds is 7. The van der Waals surface area contributed by atoms with Gasteiger partial charge in [0.25, 0.3) is 0 Å². The van der Waals surface area contributed by atoms with Gasteiger partial charge in [-0.05, 0) is 29.8 Å². The highest BCUT2D eigenvalue weighted by molar-refractivity contribution is 7.92. The van der Waals surface area contributed by atoms with E-state index in [1.54, 1.807) is 18.5 Å². The van der Waals surface area contributed by atoms with E-state index >= 15 is 0 Å². The first kappa shape index (κ1) is 23.2. The normalized spacial score (nSPS) is 16.3. The average Bonchev–Trinajstić information content (AvgIpc) is 3.26. The number of anilines is 3. The van der Waals surface area contributed by atoms with Gasteiger partial charge < -0.3 is 20.5 Å². The lowest BCUT2D eigenvalue weighted by molar-refractivity contribution is 0.430. The van der Waals surface area contributed by atoms with Crippen molar-refractivity contribution >= 4 is 38.5 Å². The number of nitrogens with zero attached hydrogens (tertiary/aromatic N) is 5. The van der Waals surface area contributed by atoms with E-state index in [1.165, 1.54) is 16.9 Å². The highest BCUT2D eigenvalue weighted by atomic mass is 32.2. The highest BCUT2D eigenvalue weighted by Crippen LogP contribution is 2.24. The smallest absolute Gasteiger partial charge is 0.233 e. The maximum Gasteiger partial charge on any atom is 0.233 e. The SMILES string of the molecule is CN(c1ncccc1Cn1ccc2cnc(Nc3ccc(C4CNCCN4)cc3)nc21)S(C)(=O)=O. The minimum atomic E-state index is -3.43. The summed E-state index contributed by atoms with van der Waals surface area (Å²) in [6.07, 6.45) is 6.45. The van der Waals surface area contributed by atoms with Gasteiger partial charge in [0.05, 0.1) is 12.8 Å². The maximum absolute atomic E-state index is 12.1. The molecule has 182 valence electrons. The van der Waals surface area contributed by atoms with Crippen LogP contribution >= 0.6 is 0 Å². The standard InChI is InChI=1S/C24H28N8O2S/c1-31(35(2,33)34)22-19(4-3-10-27-22)16-32-13-9-18-14-28-24(30-23(18)32)29-20-7-5-17(6-8-20)21-15-25-11-12-26-21/h3-10,13-14,21,25-26H,11-12,15-16H2,1-2H3,(H,28,29,30). The molecular formula is C24H28N8O2S. The predicted octanol–water partition coefficient (Wildman–Crippen LogP) is 2.25. The van der Waals surface area contributed by atoms with Gasteiger partial charge in [-0.25, -0.2) is 18.4 Å². The van der Waals surface area contributed by atoms with Gasteiger partial charge in [-0.2, -0.15) is 4.98 Å². The van der Waals surface area contributed by atoms with E-state index in [9.17, 15) is 8.42 Å². The quantitative estimate of drug-likeness (QED) is 0.360. The molecule has 3 N–H and O–H groups in total. The Hall–Kier alpha value is -3.54. The Kier molecular flexibility index (Phi) is 6.37. The number of hydrogen-bond donors (Lipinski definition) is 3. The molecule has 1 unspecified atom stereocenters. The van der Waals surface area contributed by atoms with Crippen molar-refractivity contribution in [2.75, 3.05) is 42.6 Å². The van der Waals surface area contributed by atoms with Gasteiger partial charge in [0.15, 0.2) is 0 Å². The molecule has 1 aliphatic rings. The predicted molar refractivity (Wildman–Crippen MR) is 137 cm³/mol. The summed E-state index contributed by atoms with van der Waals surface area (Å²) in [7, 11) is -1.93. The van der Waals surface area contributed by atoms with E-state index in [2.05, 4.69) is 38.1 Å². The van der Waals surface area contributed by atoms with Crippen LogP contribution in [-0.2, 0) is 16.6 Å². The topological polar surface area (TPSA) is 117 Å². The van der Waals surface area contributed by atoms with Crippen LogP contribution in [-0.4, -0.2) is 60.9 Å². The number of pyridine rings is 1. The minimum absolute atomic E-state index is 0.313. The fourth-order valence-electron chi connectivity index (χ4n) is 4.15. The second-order valence-corrected chi connectivity index (χ2v) is 10.6. The van der Waals surface area contributed by atoms with Crippen molar-refractivity contribution in [2.45, 2.75) is 12.6 Å². The summed E-state index contributed by atoms with van der Waals surface area (Å²) >= 11 is 0. The summed E-state index contributed by atoms with van der Waals surface area (Å²) in [5, 5.41) is 11.1. The highest BCUT2D eigenvalue weighted by Gasteiger charge is 2.18. The molecule has 3 aromatic heterocycles. The number of benzene rings is 1.